The Morgan fingerprint density at radius 1 is 1.05 bits per heavy atom. The summed E-state index contributed by atoms with van der Waals surface area (Å²) in [7, 11) is -1.08. The van der Waals surface area contributed by atoms with E-state index in [1.807, 2.05) is 11.2 Å². The van der Waals surface area contributed by atoms with Gasteiger partial charge in [-0.25, -0.2) is 0 Å². The lowest BCUT2D eigenvalue weighted by molar-refractivity contribution is 0.444. The molecule has 1 nitrogen and oxygen atoms in total. The van der Waals surface area contributed by atoms with Crippen LogP contribution in [0.4, 0.5) is 0 Å². The van der Waals surface area contributed by atoms with Gasteiger partial charge in [-0.05, 0) is 30.5 Å². The number of aliphatic imine (C=N–C) groups is 1. The van der Waals surface area contributed by atoms with E-state index in [1.54, 1.807) is 0 Å². The summed E-state index contributed by atoms with van der Waals surface area (Å²) in [4.78, 5) is 6.13. The molecule has 0 bridgehead atoms. The molecule has 1 aromatic carbocycles. The Labute approximate surface area is 122 Å². The summed E-state index contributed by atoms with van der Waals surface area (Å²) < 4.78 is 0. The molecule has 1 aromatic rings. The molecule has 0 amide bonds. The Morgan fingerprint density at radius 2 is 1.68 bits per heavy atom. The first-order valence-corrected chi connectivity index (χ1v) is 12.4. The van der Waals surface area contributed by atoms with Gasteiger partial charge in [-0.1, -0.05) is 51.0 Å². The van der Waals surface area contributed by atoms with Crippen LogP contribution in [-0.2, 0) is 0 Å². The average Bonchev–Trinajstić information content (AvgIpc) is 2.37. The standard InChI is InChI=1S/C16H25NSSi/c1-19(2,3)18-16-11-9-14(10-12-16)13-17-15-7-5-4-6-8-15/h9-13,15H,4-8H2,1-3H3/b17-13+. The van der Waals surface area contributed by atoms with Gasteiger partial charge in [-0.3, -0.25) is 4.99 Å². The zero-order chi connectivity index (χ0) is 13.7. The SMILES string of the molecule is C[Si](C)(C)Sc1ccc(/C=N/C2CCCCC2)cc1. The number of nitrogens with zero attached hydrogens (tertiary/aromatic N) is 1. The summed E-state index contributed by atoms with van der Waals surface area (Å²) in [5.41, 5.74) is 1.24. The molecule has 0 N–H and O–H groups in total. The van der Waals surface area contributed by atoms with Crippen LogP contribution in [0.2, 0.25) is 19.6 Å². The van der Waals surface area contributed by atoms with Gasteiger partial charge in [0.15, 0.2) is 0 Å². The molecule has 19 heavy (non-hydrogen) atoms. The second-order valence-electron chi connectivity index (χ2n) is 6.35. The molecule has 0 aromatic heterocycles. The molecular weight excluding hydrogens is 266 g/mol. The van der Waals surface area contributed by atoms with Crippen LogP contribution in [0.15, 0.2) is 34.2 Å². The number of hydrogen-bond donors (Lipinski definition) is 0. The number of rotatable bonds is 4. The van der Waals surface area contributed by atoms with E-state index in [0.717, 1.165) is 0 Å². The molecule has 1 aliphatic rings. The zero-order valence-corrected chi connectivity index (χ0v) is 14.2. The molecule has 0 saturated heterocycles. The van der Waals surface area contributed by atoms with Crippen molar-refractivity contribution in [1.29, 1.82) is 0 Å². The number of hydrogen-bond acceptors (Lipinski definition) is 2. The summed E-state index contributed by atoms with van der Waals surface area (Å²) in [6.45, 7) is 7.16. The zero-order valence-electron chi connectivity index (χ0n) is 12.4. The van der Waals surface area contributed by atoms with Crippen LogP contribution < -0.4 is 0 Å². The van der Waals surface area contributed by atoms with Gasteiger partial charge in [0.1, 0.15) is 7.22 Å². The van der Waals surface area contributed by atoms with Crippen molar-refractivity contribution in [3.8, 4) is 0 Å². The largest absolute Gasteiger partial charge is 0.289 e. The lowest BCUT2D eigenvalue weighted by Crippen LogP contribution is -2.13. The van der Waals surface area contributed by atoms with Crippen molar-refractivity contribution in [2.45, 2.75) is 62.7 Å². The molecular formula is C16H25NSSi. The fourth-order valence-electron chi connectivity index (χ4n) is 2.40. The van der Waals surface area contributed by atoms with Crippen LogP contribution in [0.5, 0.6) is 0 Å². The van der Waals surface area contributed by atoms with E-state index in [-0.39, 0.29) is 0 Å². The molecule has 0 heterocycles. The van der Waals surface area contributed by atoms with Crippen molar-refractivity contribution in [3.63, 3.8) is 0 Å². The first-order chi connectivity index (χ1) is 9.03. The quantitative estimate of drug-likeness (QED) is 0.537. The predicted octanol–water partition coefficient (Wildman–Crippen LogP) is 5.37. The van der Waals surface area contributed by atoms with Crippen LogP contribution >= 0.6 is 11.2 Å². The normalized spacial score (nSPS) is 18.1. The molecule has 1 saturated carbocycles. The summed E-state index contributed by atoms with van der Waals surface area (Å²) >= 11 is 2.05. The van der Waals surface area contributed by atoms with Crippen molar-refractivity contribution in [2.24, 2.45) is 4.99 Å². The van der Waals surface area contributed by atoms with Crippen molar-refractivity contribution >= 4 is 24.6 Å². The molecule has 0 radical (unpaired) electrons. The highest BCUT2D eigenvalue weighted by Crippen LogP contribution is 2.28. The minimum Gasteiger partial charge on any atom is -0.289 e. The van der Waals surface area contributed by atoms with Crippen LogP contribution in [0.25, 0.3) is 0 Å². The van der Waals surface area contributed by atoms with Crippen molar-refractivity contribution in [2.75, 3.05) is 0 Å². The monoisotopic (exact) mass is 291 g/mol. The van der Waals surface area contributed by atoms with E-state index in [2.05, 4.69) is 50.1 Å². The molecule has 2 rings (SSSR count). The van der Waals surface area contributed by atoms with Crippen molar-refractivity contribution in [3.05, 3.63) is 29.8 Å². The molecule has 0 spiro atoms. The van der Waals surface area contributed by atoms with Crippen LogP contribution in [0.1, 0.15) is 37.7 Å². The number of benzene rings is 1. The van der Waals surface area contributed by atoms with Crippen LogP contribution in [0, 0.1) is 0 Å². The van der Waals surface area contributed by atoms with Gasteiger partial charge in [-0.15, -0.1) is 0 Å². The Balaban J connectivity index is 1.92. The van der Waals surface area contributed by atoms with Gasteiger partial charge < -0.3 is 0 Å². The summed E-state index contributed by atoms with van der Waals surface area (Å²) in [6, 6.07) is 9.46. The maximum absolute atomic E-state index is 4.73. The predicted molar refractivity (Wildman–Crippen MR) is 90.1 cm³/mol. The van der Waals surface area contributed by atoms with E-state index in [9.17, 15) is 0 Å². The third-order valence-corrected chi connectivity index (χ3v) is 6.98. The summed E-state index contributed by atoms with van der Waals surface area (Å²) in [6.07, 6.45) is 8.73. The fraction of sp³-hybridized carbons (Fsp3) is 0.562. The van der Waals surface area contributed by atoms with E-state index in [4.69, 9.17) is 4.99 Å². The van der Waals surface area contributed by atoms with Gasteiger partial charge in [0.25, 0.3) is 0 Å². The first-order valence-electron chi connectivity index (χ1n) is 7.35. The van der Waals surface area contributed by atoms with Gasteiger partial charge in [-0.2, -0.15) is 11.2 Å². The Hall–Kier alpha value is -0.543. The second-order valence-corrected chi connectivity index (χ2v) is 15.5. The maximum atomic E-state index is 4.73. The van der Waals surface area contributed by atoms with Crippen LogP contribution in [0.3, 0.4) is 0 Å². The molecule has 0 atom stereocenters. The van der Waals surface area contributed by atoms with Crippen molar-refractivity contribution in [1.82, 2.24) is 0 Å². The maximum Gasteiger partial charge on any atom is 0.114 e. The van der Waals surface area contributed by atoms with Gasteiger partial charge in [0.05, 0.1) is 0 Å². The molecule has 104 valence electrons. The van der Waals surface area contributed by atoms with Crippen LogP contribution in [-0.4, -0.2) is 19.5 Å². The molecule has 0 unspecified atom stereocenters. The van der Waals surface area contributed by atoms with E-state index >= 15 is 0 Å². The molecule has 0 aliphatic heterocycles. The summed E-state index contributed by atoms with van der Waals surface area (Å²) in [5, 5.41) is 0. The topological polar surface area (TPSA) is 12.4 Å². The Bertz CT molecular complexity index is 413. The minimum atomic E-state index is -1.08. The minimum absolute atomic E-state index is 0.574. The highest BCUT2D eigenvalue weighted by atomic mass is 32.4. The highest BCUT2D eigenvalue weighted by molar-refractivity contribution is 8.28. The summed E-state index contributed by atoms with van der Waals surface area (Å²) in [5.74, 6) is 0. The van der Waals surface area contributed by atoms with Crippen molar-refractivity contribution < 1.29 is 0 Å². The smallest absolute Gasteiger partial charge is 0.114 e. The van der Waals surface area contributed by atoms with Gasteiger partial charge >= 0.3 is 0 Å². The molecule has 1 aliphatic carbocycles. The second kappa shape index (κ2) is 6.75. The average molecular weight is 292 g/mol. The van der Waals surface area contributed by atoms with Gasteiger partial charge in [0, 0.05) is 17.2 Å². The molecule has 3 heteroatoms. The fourth-order valence-corrected chi connectivity index (χ4v) is 5.91. The highest BCUT2D eigenvalue weighted by Gasteiger charge is 2.14. The Kier molecular flexibility index (Phi) is 5.28. The van der Waals surface area contributed by atoms with E-state index in [0.29, 0.717) is 6.04 Å². The van der Waals surface area contributed by atoms with E-state index < -0.39 is 7.22 Å². The Morgan fingerprint density at radius 3 is 2.26 bits per heavy atom. The third-order valence-electron chi connectivity index (χ3n) is 3.31. The lowest BCUT2D eigenvalue weighted by atomic mass is 9.96. The molecule has 1 fully saturated rings. The van der Waals surface area contributed by atoms with E-state index in [1.165, 1.54) is 42.6 Å². The first kappa shape index (κ1) is 14.9. The third kappa shape index (κ3) is 5.53. The lowest BCUT2D eigenvalue weighted by Gasteiger charge is -2.17. The van der Waals surface area contributed by atoms with Gasteiger partial charge in [0.2, 0.25) is 0 Å².